The molecule has 0 aliphatic heterocycles. The fourth-order valence-electron chi connectivity index (χ4n) is 0.922. The molecule has 0 amide bonds. The summed E-state index contributed by atoms with van der Waals surface area (Å²) < 4.78 is 0. The second-order valence-electron chi connectivity index (χ2n) is 2.49. The summed E-state index contributed by atoms with van der Waals surface area (Å²) in [5, 5.41) is 11.7. The predicted molar refractivity (Wildman–Crippen MR) is 55.4 cm³/mol. The SMILES string of the molecule is ON=CCC=Cc1cccc(Cl)c1. The van der Waals surface area contributed by atoms with Crippen molar-refractivity contribution in [1.82, 2.24) is 0 Å². The van der Waals surface area contributed by atoms with E-state index in [1.54, 1.807) is 0 Å². The van der Waals surface area contributed by atoms with Crippen LogP contribution in [-0.4, -0.2) is 11.4 Å². The first-order valence-electron chi connectivity index (χ1n) is 3.91. The molecule has 0 heterocycles. The van der Waals surface area contributed by atoms with Crippen molar-refractivity contribution in [2.75, 3.05) is 0 Å². The lowest BCUT2D eigenvalue weighted by molar-refractivity contribution is 0.321. The van der Waals surface area contributed by atoms with Crippen LogP contribution < -0.4 is 0 Å². The molecule has 0 atom stereocenters. The lowest BCUT2D eigenvalue weighted by atomic mass is 10.2. The van der Waals surface area contributed by atoms with E-state index < -0.39 is 0 Å². The highest BCUT2D eigenvalue weighted by molar-refractivity contribution is 6.30. The summed E-state index contributed by atoms with van der Waals surface area (Å²) in [7, 11) is 0. The number of oxime groups is 1. The van der Waals surface area contributed by atoms with E-state index in [1.165, 1.54) is 6.21 Å². The lowest BCUT2D eigenvalue weighted by Gasteiger charge is -1.92. The zero-order valence-corrected chi connectivity index (χ0v) is 7.78. The number of benzene rings is 1. The first kappa shape index (κ1) is 9.81. The molecule has 0 fully saturated rings. The Balaban J connectivity index is 2.58. The zero-order chi connectivity index (χ0) is 9.52. The molecule has 0 saturated heterocycles. The van der Waals surface area contributed by atoms with E-state index in [9.17, 15) is 0 Å². The summed E-state index contributed by atoms with van der Waals surface area (Å²) >= 11 is 5.78. The van der Waals surface area contributed by atoms with Crippen LogP contribution in [-0.2, 0) is 0 Å². The quantitative estimate of drug-likeness (QED) is 0.449. The van der Waals surface area contributed by atoms with E-state index >= 15 is 0 Å². The first-order chi connectivity index (χ1) is 6.33. The third kappa shape index (κ3) is 3.76. The molecular weight excluding hydrogens is 186 g/mol. The predicted octanol–water partition coefficient (Wildman–Crippen LogP) is 3.20. The van der Waals surface area contributed by atoms with Crippen LogP contribution in [0.1, 0.15) is 12.0 Å². The molecule has 0 unspecified atom stereocenters. The van der Waals surface area contributed by atoms with Crippen LogP contribution in [0.2, 0.25) is 5.02 Å². The molecule has 2 nitrogen and oxygen atoms in total. The molecule has 0 aliphatic rings. The van der Waals surface area contributed by atoms with Crippen LogP contribution in [0.15, 0.2) is 35.5 Å². The standard InChI is InChI=1S/C10H10ClNO/c11-10-6-3-5-9(8-10)4-1-2-7-12-13/h1,3-8,13H,2H2. The molecule has 0 aromatic heterocycles. The summed E-state index contributed by atoms with van der Waals surface area (Å²) in [6.45, 7) is 0. The van der Waals surface area contributed by atoms with Gasteiger partial charge in [-0.15, -0.1) is 5.16 Å². The van der Waals surface area contributed by atoms with Crippen molar-refractivity contribution in [3.05, 3.63) is 40.9 Å². The lowest BCUT2D eigenvalue weighted by Crippen LogP contribution is -1.72. The average Bonchev–Trinajstić information content (AvgIpc) is 2.13. The van der Waals surface area contributed by atoms with Crippen molar-refractivity contribution in [3.63, 3.8) is 0 Å². The molecule has 0 aliphatic carbocycles. The molecular formula is C10H10ClNO. The molecule has 1 rings (SSSR count). The number of hydrogen-bond donors (Lipinski definition) is 1. The number of nitrogens with zero attached hydrogens (tertiary/aromatic N) is 1. The molecule has 0 saturated carbocycles. The number of allylic oxidation sites excluding steroid dienone is 1. The van der Waals surface area contributed by atoms with Crippen molar-refractivity contribution < 1.29 is 5.21 Å². The van der Waals surface area contributed by atoms with Crippen LogP contribution in [0.3, 0.4) is 0 Å². The summed E-state index contributed by atoms with van der Waals surface area (Å²) in [6, 6.07) is 7.54. The van der Waals surface area contributed by atoms with Gasteiger partial charge in [0.05, 0.1) is 0 Å². The van der Waals surface area contributed by atoms with Gasteiger partial charge in [0, 0.05) is 17.7 Å². The Morgan fingerprint density at radius 1 is 1.46 bits per heavy atom. The van der Waals surface area contributed by atoms with Crippen molar-refractivity contribution >= 4 is 23.9 Å². The Morgan fingerprint density at radius 2 is 2.31 bits per heavy atom. The number of rotatable bonds is 3. The van der Waals surface area contributed by atoms with Crippen molar-refractivity contribution in [2.24, 2.45) is 5.16 Å². The van der Waals surface area contributed by atoms with Gasteiger partial charge in [-0.25, -0.2) is 0 Å². The van der Waals surface area contributed by atoms with Crippen LogP contribution >= 0.6 is 11.6 Å². The maximum Gasteiger partial charge on any atom is 0.0473 e. The van der Waals surface area contributed by atoms with Gasteiger partial charge in [0.15, 0.2) is 0 Å². The molecule has 1 aromatic rings. The Bertz CT molecular complexity index is 320. The highest BCUT2D eigenvalue weighted by atomic mass is 35.5. The second kappa shape index (κ2) is 5.38. The highest BCUT2D eigenvalue weighted by Gasteiger charge is 1.87. The molecule has 1 N–H and O–H groups in total. The molecule has 0 spiro atoms. The molecule has 0 radical (unpaired) electrons. The van der Waals surface area contributed by atoms with Gasteiger partial charge in [-0.05, 0) is 17.7 Å². The third-order valence-corrected chi connectivity index (χ3v) is 1.72. The van der Waals surface area contributed by atoms with E-state index in [0.717, 1.165) is 10.6 Å². The smallest absolute Gasteiger partial charge is 0.0473 e. The highest BCUT2D eigenvalue weighted by Crippen LogP contribution is 2.11. The molecule has 1 aromatic carbocycles. The van der Waals surface area contributed by atoms with Crippen LogP contribution in [0.4, 0.5) is 0 Å². The van der Waals surface area contributed by atoms with E-state index in [-0.39, 0.29) is 0 Å². The van der Waals surface area contributed by atoms with Gasteiger partial charge < -0.3 is 5.21 Å². The minimum absolute atomic E-state index is 0.614. The Hall–Kier alpha value is -1.28. The van der Waals surface area contributed by atoms with E-state index in [1.807, 2.05) is 36.4 Å². The van der Waals surface area contributed by atoms with Crippen LogP contribution in [0.25, 0.3) is 6.08 Å². The van der Waals surface area contributed by atoms with Crippen LogP contribution in [0.5, 0.6) is 0 Å². The summed E-state index contributed by atoms with van der Waals surface area (Å²) in [4.78, 5) is 0. The maximum atomic E-state index is 8.12. The molecule has 0 bridgehead atoms. The van der Waals surface area contributed by atoms with E-state index in [2.05, 4.69) is 5.16 Å². The fraction of sp³-hybridized carbons (Fsp3) is 0.100. The summed E-state index contributed by atoms with van der Waals surface area (Å²) in [5.41, 5.74) is 1.04. The van der Waals surface area contributed by atoms with E-state index in [0.29, 0.717) is 6.42 Å². The van der Waals surface area contributed by atoms with Gasteiger partial charge in [-0.3, -0.25) is 0 Å². The monoisotopic (exact) mass is 195 g/mol. The summed E-state index contributed by atoms with van der Waals surface area (Å²) in [6.07, 6.45) is 5.85. The molecule has 13 heavy (non-hydrogen) atoms. The molecule has 68 valence electrons. The average molecular weight is 196 g/mol. The van der Waals surface area contributed by atoms with Crippen molar-refractivity contribution in [2.45, 2.75) is 6.42 Å². The first-order valence-corrected chi connectivity index (χ1v) is 4.29. The fourth-order valence-corrected chi connectivity index (χ4v) is 1.12. The number of halogens is 1. The Morgan fingerprint density at radius 3 is 3.00 bits per heavy atom. The maximum absolute atomic E-state index is 8.12. The topological polar surface area (TPSA) is 32.6 Å². The summed E-state index contributed by atoms with van der Waals surface area (Å²) in [5.74, 6) is 0. The normalized spacial score (nSPS) is 11.5. The molecule has 3 heteroatoms. The second-order valence-corrected chi connectivity index (χ2v) is 2.93. The van der Waals surface area contributed by atoms with Crippen molar-refractivity contribution in [1.29, 1.82) is 0 Å². The van der Waals surface area contributed by atoms with Gasteiger partial charge in [0.2, 0.25) is 0 Å². The van der Waals surface area contributed by atoms with E-state index in [4.69, 9.17) is 16.8 Å². The minimum Gasteiger partial charge on any atom is -0.411 e. The largest absolute Gasteiger partial charge is 0.411 e. The van der Waals surface area contributed by atoms with Gasteiger partial charge in [-0.2, -0.15) is 0 Å². The van der Waals surface area contributed by atoms with Gasteiger partial charge >= 0.3 is 0 Å². The van der Waals surface area contributed by atoms with Crippen LogP contribution in [0, 0.1) is 0 Å². The van der Waals surface area contributed by atoms with Gasteiger partial charge in [0.1, 0.15) is 0 Å². The van der Waals surface area contributed by atoms with Gasteiger partial charge in [-0.1, -0.05) is 35.9 Å². The number of hydrogen-bond acceptors (Lipinski definition) is 2. The zero-order valence-electron chi connectivity index (χ0n) is 7.02. The third-order valence-electron chi connectivity index (χ3n) is 1.48. The van der Waals surface area contributed by atoms with Gasteiger partial charge in [0.25, 0.3) is 0 Å². The Labute approximate surface area is 82.1 Å². The van der Waals surface area contributed by atoms with Crippen molar-refractivity contribution in [3.8, 4) is 0 Å². The minimum atomic E-state index is 0.614. The Kier molecular flexibility index (Phi) is 4.06.